The third-order valence-corrected chi connectivity index (χ3v) is 7.48. The average molecular weight is 660 g/mol. The van der Waals surface area contributed by atoms with Gasteiger partial charge in [0, 0.05) is 19.3 Å². The van der Waals surface area contributed by atoms with E-state index in [4.69, 9.17) is 5.73 Å². The zero-order chi connectivity index (χ0) is 35.1. The lowest BCUT2D eigenvalue weighted by molar-refractivity contribution is -0.142. The monoisotopic (exact) mass is 659 g/mol. The van der Waals surface area contributed by atoms with E-state index in [1.165, 1.54) is 6.92 Å². The van der Waals surface area contributed by atoms with Gasteiger partial charge >= 0.3 is 11.9 Å². The molecule has 3 aromatic carbocycles. The SMILES string of the molecule is C[C@H](NC(=O)[C@H](CCC(=O)O)NC(=O)[C@@H](N)Cc1ccccc1)C(=O)N[C@@H](Cc1ccccc1)C(=O)N[C@@H](Cc1ccccc1)C(=O)O. The summed E-state index contributed by atoms with van der Waals surface area (Å²) in [7, 11) is 0. The summed E-state index contributed by atoms with van der Waals surface area (Å²) in [4.78, 5) is 76.0. The number of carboxylic acids is 2. The van der Waals surface area contributed by atoms with E-state index < -0.39 is 72.2 Å². The number of hydrogen-bond donors (Lipinski definition) is 7. The maximum absolute atomic E-state index is 13.4. The summed E-state index contributed by atoms with van der Waals surface area (Å²) in [6.07, 6.45) is -0.500. The van der Waals surface area contributed by atoms with Crippen LogP contribution in [0.4, 0.5) is 0 Å². The molecular formula is C35H41N5O8. The molecule has 0 aromatic heterocycles. The van der Waals surface area contributed by atoms with Crippen molar-refractivity contribution < 1.29 is 39.0 Å². The Hall–Kier alpha value is -5.56. The van der Waals surface area contributed by atoms with Crippen LogP contribution in [0.2, 0.25) is 0 Å². The number of aliphatic carboxylic acids is 2. The van der Waals surface area contributed by atoms with Crippen LogP contribution in [-0.4, -0.2) is 76.0 Å². The van der Waals surface area contributed by atoms with Crippen molar-refractivity contribution in [2.75, 3.05) is 0 Å². The summed E-state index contributed by atoms with van der Waals surface area (Å²) in [6, 6.07) is 20.4. The van der Waals surface area contributed by atoms with Gasteiger partial charge in [-0.2, -0.15) is 0 Å². The maximum atomic E-state index is 13.4. The molecule has 254 valence electrons. The van der Waals surface area contributed by atoms with Gasteiger partial charge in [0.2, 0.25) is 23.6 Å². The molecule has 0 aliphatic carbocycles. The quantitative estimate of drug-likeness (QED) is 0.103. The number of carbonyl (C=O) groups excluding carboxylic acids is 4. The molecule has 3 aromatic rings. The first-order valence-electron chi connectivity index (χ1n) is 15.5. The minimum Gasteiger partial charge on any atom is -0.481 e. The molecule has 5 atom stereocenters. The van der Waals surface area contributed by atoms with Crippen molar-refractivity contribution in [3.05, 3.63) is 108 Å². The van der Waals surface area contributed by atoms with Gasteiger partial charge in [-0.1, -0.05) is 91.0 Å². The Kier molecular flexibility index (Phi) is 14.3. The summed E-state index contributed by atoms with van der Waals surface area (Å²) >= 11 is 0. The number of amides is 4. The molecule has 0 heterocycles. The van der Waals surface area contributed by atoms with E-state index >= 15 is 0 Å². The van der Waals surface area contributed by atoms with Crippen LogP contribution < -0.4 is 27.0 Å². The molecule has 13 nitrogen and oxygen atoms in total. The van der Waals surface area contributed by atoms with Gasteiger partial charge in [-0.15, -0.1) is 0 Å². The fourth-order valence-corrected chi connectivity index (χ4v) is 4.83. The molecule has 13 heteroatoms. The van der Waals surface area contributed by atoms with Gasteiger partial charge in [0.15, 0.2) is 0 Å². The molecule has 0 bridgehead atoms. The maximum Gasteiger partial charge on any atom is 0.326 e. The van der Waals surface area contributed by atoms with E-state index in [-0.39, 0.29) is 25.7 Å². The van der Waals surface area contributed by atoms with E-state index in [9.17, 15) is 39.0 Å². The van der Waals surface area contributed by atoms with Crippen molar-refractivity contribution >= 4 is 35.6 Å². The molecule has 0 aliphatic heterocycles. The van der Waals surface area contributed by atoms with Crippen molar-refractivity contribution in [3.63, 3.8) is 0 Å². The smallest absolute Gasteiger partial charge is 0.326 e. The van der Waals surface area contributed by atoms with Gasteiger partial charge in [0.05, 0.1) is 6.04 Å². The lowest BCUT2D eigenvalue weighted by Gasteiger charge is -2.25. The van der Waals surface area contributed by atoms with Crippen LogP contribution >= 0.6 is 0 Å². The first-order chi connectivity index (χ1) is 22.9. The predicted molar refractivity (Wildman–Crippen MR) is 176 cm³/mol. The highest BCUT2D eigenvalue weighted by Crippen LogP contribution is 2.08. The molecule has 4 amide bonds. The van der Waals surface area contributed by atoms with Crippen molar-refractivity contribution in [1.82, 2.24) is 21.3 Å². The van der Waals surface area contributed by atoms with Gasteiger partial charge in [-0.05, 0) is 36.5 Å². The molecule has 0 fully saturated rings. The molecule has 8 N–H and O–H groups in total. The van der Waals surface area contributed by atoms with Gasteiger partial charge in [0.1, 0.15) is 24.2 Å². The van der Waals surface area contributed by atoms with E-state index in [1.54, 1.807) is 84.9 Å². The van der Waals surface area contributed by atoms with Gasteiger partial charge in [-0.25, -0.2) is 4.79 Å². The van der Waals surface area contributed by atoms with Crippen LogP contribution in [0.15, 0.2) is 91.0 Å². The fourth-order valence-electron chi connectivity index (χ4n) is 4.83. The second-order valence-corrected chi connectivity index (χ2v) is 11.4. The van der Waals surface area contributed by atoms with E-state index in [2.05, 4.69) is 21.3 Å². The van der Waals surface area contributed by atoms with Crippen LogP contribution in [0.5, 0.6) is 0 Å². The van der Waals surface area contributed by atoms with E-state index in [0.29, 0.717) is 11.1 Å². The number of nitrogens with one attached hydrogen (secondary N) is 4. The zero-order valence-corrected chi connectivity index (χ0v) is 26.5. The molecule has 0 saturated carbocycles. The van der Waals surface area contributed by atoms with Crippen LogP contribution in [0.25, 0.3) is 0 Å². The summed E-state index contributed by atoms with van der Waals surface area (Å²) < 4.78 is 0. The number of carboxylic acid groups (broad SMARTS) is 2. The average Bonchev–Trinajstić information content (AvgIpc) is 3.06. The standard InChI is InChI=1S/C35H41N5O8/c1-22(37-33(45)27(17-18-30(41)42)38-32(44)26(36)19-23-11-5-2-6-12-23)31(43)39-28(20-24-13-7-3-8-14-24)34(46)40-29(35(47)48)21-25-15-9-4-10-16-25/h2-16,22,26-29H,17-21,36H2,1H3,(H,37,45)(H,38,44)(H,39,43)(H,40,46)(H,41,42)(H,47,48)/t22-,26-,27-,28-,29-/m0/s1. The third-order valence-electron chi connectivity index (χ3n) is 7.48. The first-order valence-corrected chi connectivity index (χ1v) is 15.5. The summed E-state index contributed by atoms with van der Waals surface area (Å²) in [5.41, 5.74) is 8.22. The minimum absolute atomic E-state index is 0.0127. The van der Waals surface area contributed by atoms with Crippen molar-refractivity contribution in [3.8, 4) is 0 Å². The van der Waals surface area contributed by atoms with Gasteiger partial charge < -0.3 is 37.2 Å². The Morgan fingerprint density at radius 2 is 0.979 bits per heavy atom. The molecule has 0 spiro atoms. The number of hydrogen-bond acceptors (Lipinski definition) is 7. The number of nitrogens with two attached hydrogens (primary N) is 1. The molecule has 0 aliphatic rings. The largest absolute Gasteiger partial charge is 0.481 e. The normalized spacial score (nSPS) is 13.9. The summed E-state index contributed by atoms with van der Waals surface area (Å²) in [5, 5.41) is 29.1. The van der Waals surface area contributed by atoms with Crippen molar-refractivity contribution in [1.29, 1.82) is 0 Å². The number of rotatable bonds is 18. The minimum atomic E-state index is -1.32. The van der Waals surface area contributed by atoms with Crippen LogP contribution in [0.3, 0.4) is 0 Å². The molecular weight excluding hydrogens is 618 g/mol. The third kappa shape index (κ3) is 12.3. The summed E-state index contributed by atoms with van der Waals surface area (Å²) in [5.74, 6) is -5.45. The Balaban J connectivity index is 1.70. The first kappa shape index (κ1) is 36.9. The lowest BCUT2D eigenvalue weighted by atomic mass is 10.0. The van der Waals surface area contributed by atoms with Crippen LogP contribution in [0, 0.1) is 0 Å². The molecule has 0 radical (unpaired) electrons. The molecule has 48 heavy (non-hydrogen) atoms. The Labute approximate surface area is 278 Å². The highest BCUT2D eigenvalue weighted by molar-refractivity contribution is 5.95. The van der Waals surface area contributed by atoms with E-state index in [0.717, 1.165) is 5.56 Å². The fraction of sp³-hybridized carbons (Fsp3) is 0.314. The molecule has 3 rings (SSSR count). The zero-order valence-electron chi connectivity index (χ0n) is 26.5. The topological polar surface area (TPSA) is 217 Å². The predicted octanol–water partition coefficient (Wildman–Crippen LogP) is 0.950. The van der Waals surface area contributed by atoms with Crippen molar-refractivity contribution in [2.45, 2.75) is 69.2 Å². The Morgan fingerprint density at radius 3 is 1.46 bits per heavy atom. The number of carbonyl (C=O) groups is 6. The Morgan fingerprint density at radius 1 is 0.562 bits per heavy atom. The highest BCUT2D eigenvalue weighted by Gasteiger charge is 2.31. The number of benzene rings is 3. The second kappa shape index (κ2) is 18.6. The Bertz CT molecular complexity index is 1540. The van der Waals surface area contributed by atoms with Crippen molar-refractivity contribution in [2.24, 2.45) is 5.73 Å². The second-order valence-electron chi connectivity index (χ2n) is 11.4. The lowest BCUT2D eigenvalue weighted by Crippen LogP contribution is -2.58. The molecule has 0 unspecified atom stereocenters. The van der Waals surface area contributed by atoms with Crippen LogP contribution in [0.1, 0.15) is 36.5 Å². The van der Waals surface area contributed by atoms with Crippen LogP contribution in [-0.2, 0) is 48.0 Å². The van der Waals surface area contributed by atoms with E-state index in [1.807, 2.05) is 6.07 Å². The van der Waals surface area contributed by atoms with Gasteiger partial charge in [0.25, 0.3) is 0 Å². The summed E-state index contributed by atoms with van der Waals surface area (Å²) in [6.45, 7) is 1.36. The van der Waals surface area contributed by atoms with Gasteiger partial charge in [-0.3, -0.25) is 24.0 Å². The molecule has 0 saturated heterocycles. The highest BCUT2D eigenvalue weighted by atomic mass is 16.4.